The first-order valence-electron chi connectivity index (χ1n) is 8.60. The van der Waals surface area contributed by atoms with Crippen LogP contribution in [0.2, 0.25) is 0 Å². The van der Waals surface area contributed by atoms with E-state index in [4.69, 9.17) is 9.15 Å². The SMILES string of the molecule is COC(=O)[C@@H]1[C@H]2CC[C@@H](C2)[C@H]1NC(=O)c1ccc(Cn2cccn2)o1. The molecule has 1 amide bonds. The Labute approximate surface area is 145 Å². The lowest BCUT2D eigenvalue weighted by molar-refractivity contribution is -0.148. The summed E-state index contributed by atoms with van der Waals surface area (Å²) in [4.78, 5) is 24.7. The van der Waals surface area contributed by atoms with Crippen LogP contribution in [-0.2, 0) is 16.1 Å². The molecule has 2 aromatic heterocycles. The number of aromatic nitrogens is 2. The third-order valence-electron chi connectivity index (χ3n) is 5.45. The Morgan fingerprint density at radius 3 is 2.96 bits per heavy atom. The molecule has 2 heterocycles. The van der Waals surface area contributed by atoms with Crippen LogP contribution in [0, 0.1) is 17.8 Å². The number of ether oxygens (including phenoxy) is 1. The summed E-state index contributed by atoms with van der Waals surface area (Å²) < 4.78 is 12.3. The van der Waals surface area contributed by atoms with E-state index in [2.05, 4.69) is 10.4 Å². The van der Waals surface area contributed by atoms with Crippen LogP contribution in [0.4, 0.5) is 0 Å². The van der Waals surface area contributed by atoms with Crippen molar-refractivity contribution < 1.29 is 18.7 Å². The molecule has 0 radical (unpaired) electrons. The fraction of sp³-hybridized carbons (Fsp3) is 0.500. The standard InChI is InChI=1S/C18H21N3O4/c1-24-18(23)15-11-3-4-12(9-11)16(15)20-17(22)14-6-5-13(25-14)10-21-8-2-7-19-21/h2,5-8,11-12,15-16H,3-4,9-10H2,1H3,(H,20,22)/t11-,12-,15+,16+/m0/s1. The van der Waals surface area contributed by atoms with Gasteiger partial charge in [0.15, 0.2) is 5.76 Å². The third kappa shape index (κ3) is 2.94. The van der Waals surface area contributed by atoms with Gasteiger partial charge in [-0.2, -0.15) is 5.10 Å². The van der Waals surface area contributed by atoms with Crippen molar-refractivity contribution in [3.05, 3.63) is 42.1 Å². The van der Waals surface area contributed by atoms with Crippen LogP contribution in [0.25, 0.3) is 0 Å². The number of rotatable bonds is 5. The fourth-order valence-electron chi connectivity index (χ4n) is 4.34. The summed E-state index contributed by atoms with van der Waals surface area (Å²) in [5.41, 5.74) is 0. The van der Waals surface area contributed by atoms with E-state index in [0.29, 0.717) is 24.1 Å². The van der Waals surface area contributed by atoms with Crippen molar-refractivity contribution in [1.29, 1.82) is 0 Å². The molecular formula is C18H21N3O4. The zero-order chi connectivity index (χ0) is 17.4. The molecule has 1 N–H and O–H groups in total. The van der Waals surface area contributed by atoms with E-state index in [-0.39, 0.29) is 29.6 Å². The number of amides is 1. The van der Waals surface area contributed by atoms with Gasteiger partial charge in [-0.3, -0.25) is 14.3 Å². The van der Waals surface area contributed by atoms with E-state index in [1.807, 2.05) is 12.3 Å². The van der Waals surface area contributed by atoms with Gasteiger partial charge in [0.2, 0.25) is 0 Å². The first-order valence-corrected chi connectivity index (χ1v) is 8.60. The summed E-state index contributed by atoms with van der Waals surface area (Å²) in [6.07, 6.45) is 6.59. The number of hydrogen-bond donors (Lipinski definition) is 1. The van der Waals surface area contributed by atoms with Crippen molar-refractivity contribution in [1.82, 2.24) is 15.1 Å². The minimum Gasteiger partial charge on any atom is -0.469 e. The van der Waals surface area contributed by atoms with Gasteiger partial charge in [-0.25, -0.2) is 0 Å². The Morgan fingerprint density at radius 2 is 2.20 bits per heavy atom. The molecule has 2 fully saturated rings. The van der Waals surface area contributed by atoms with E-state index in [0.717, 1.165) is 19.3 Å². The van der Waals surface area contributed by atoms with Crippen molar-refractivity contribution >= 4 is 11.9 Å². The number of fused-ring (bicyclic) bond motifs is 2. The normalized spacial score (nSPS) is 27.4. The van der Waals surface area contributed by atoms with Crippen LogP contribution in [-0.4, -0.2) is 34.8 Å². The Balaban J connectivity index is 1.44. The van der Waals surface area contributed by atoms with Gasteiger partial charge >= 0.3 is 5.97 Å². The van der Waals surface area contributed by atoms with Gasteiger partial charge in [-0.15, -0.1) is 0 Å². The van der Waals surface area contributed by atoms with Gasteiger partial charge < -0.3 is 14.5 Å². The molecule has 0 aliphatic heterocycles. The van der Waals surface area contributed by atoms with E-state index < -0.39 is 0 Å². The monoisotopic (exact) mass is 343 g/mol. The highest BCUT2D eigenvalue weighted by Gasteiger charge is 2.52. The summed E-state index contributed by atoms with van der Waals surface area (Å²) >= 11 is 0. The van der Waals surface area contributed by atoms with E-state index in [9.17, 15) is 9.59 Å². The van der Waals surface area contributed by atoms with Gasteiger partial charge in [-0.1, -0.05) is 0 Å². The van der Waals surface area contributed by atoms with E-state index in [1.54, 1.807) is 23.0 Å². The molecule has 0 spiro atoms. The Bertz CT molecular complexity index is 767. The predicted molar refractivity (Wildman–Crippen MR) is 87.6 cm³/mol. The predicted octanol–water partition coefficient (Wildman–Crippen LogP) is 1.84. The van der Waals surface area contributed by atoms with Crippen LogP contribution in [0.3, 0.4) is 0 Å². The van der Waals surface area contributed by atoms with Crippen molar-refractivity contribution in [2.75, 3.05) is 7.11 Å². The topological polar surface area (TPSA) is 86.4 Å². The highest BCUT2D eigenvalue weighted by Crippen LogP contribution is 2.49. The summed E-state index contributed by atoms with van der Waals surface area (Å²) in [5.74, 6) is 0.826. The first-order chi connectivity index (χ1) is 12.2. The highest BCUT2D eigenvalue weighted by atomic mass is 16.5. The molecule has 2 aliphatic rings. The molecule has 7 nitrogen and oxygen atoms in total. The Hall–Kier alpha value is -2.57. The van der Waals surface area contributed by atoms with Gasteiger partial charge in [0.25, 0.3) is 5.91 Å². The largest absolute Gasteiger partial charge is 0.469 e. The number of carbonyl (C=O) groups is 2. The smallest absolute Gasteiger partial charge is 0.311 e. The number of furan rings is 1. The lowest BCUT2D eigenvalue weighted by atomic mass is 9.84. The molecule has 0 saturated heterocycles. The number of methoxy groups -OCH3 is 1. The average molecular weight is 343 g/mol. The van der Waals surface area contributed by atoms with Crippen LogP contribution in [0.15, 0.2) is 35.0 Å². The molecule has 4 atom stereocenters. The van der Waals surface area contributed by atoms with Gasteiger partial charge in [0.1, 0.15) is 5.76 Å². The second-order valence-corrected chi connectivity index (χ2v) is 6.85. The summed E-state index contributed by atoms with van der Waals surface area (Å²) in [6, 6.07) is 5.10. The van der Waals surface area contributed by atoms with Gasteiger partial charge in [-0.05, 0) is 49.3 Å². The number of nitrogens with zero attached hydrogens (tertiary/aromatic N) is 2. The number of esters is 1. The molecular weight excluding hydrogens is 322 g/mol. The number of hydrogen-bond acceptors (Lipinski definition) is 5. The highest BCUT2D eigenvalue weighted by molar-refractivity contribution is 5.92. The molecule has 2 aliphatic carbocycles. The Morgan fingerprint density at radius 1 is 1.36 bits per heavy atom. The van der Waals surface area contributed by atoms with Gasteiger partial charge in [0, 0.05) is 18.4 Å². The van der Waals surface area contributed by atoms with Crippen molar-refractivity contribution in [3.8, 4) is 0 Å². The molecule has 0 aromatic carbocycles. The van der Waals surface area contributed by atoms with Crippen molar-refractivity contribution in [2.45, 2.75) is 31.8 Å². The quantitative estimate of drug-likeness (QED) is 0.837. The second kappa shape index (κ2) is 6.38. The van der Waals surface area contributed by atoms with Crippen LogP contribution in [0.5, 0.6) is 0 Å². The van der Waals surface area contributed by atoms with Crippen LogP contribution < -0.4 is 5.32 Å². The summed E-state index contributed by atoms with van der Waals surface area (Å²) in [7, 11) is 1.40. The van der Waals surface area contributed by atoms with E-state index in [1.165, 1.54) is 7.11 Å². The molecule has 7 heteroatoms. The second-order valence-electron chi connectivity index (χ2n) is 6.85. The summed E-state index contributed by atoms with van der Waals surface area (Å²) in [5, 5.41) is 7.13. The van der Waals surface area contributed by atoms with Crippen molar-refractivity contribution in [2.24, 2.45) is 17.8 Å². The van der Waals surface area contributed by atoms with Gasteiger partial charge in [0.05, 0.1) is 19.6 Å². The molecule has 2 saturated carbocycles. The number of carbonyl (C=O) groups excluding carboxylic acids is 2. The van der Waals surface area contributed by atoms with Crippen molar-refractivity contribution in [3.63, 3.8) is 0 Å². The fourth-order valence-corrected chi connectivity index (χ4v) is 4.34. The molecule has 25 heavy (non-hydrogen) atoms. The van der Waals surface area contributed by atoms with E-state index >= 15 is 0 Å². The third-order valence-corrected chi connectivity index (χ3v) is 5.45. The minimum atomic E-state index is -0.279. The molecule has 2 aromatic rings. The zero-order valence-electron chi connectivity index (χ0n) is 14.1. The molecule has 0 unspecified atom stereocenters. The number of nitrogens with one attached hydrogen (secondary N) is 1. The van der Waals surface area contributed by atoms with Crippen LogP contribution >= 0.6 is 0 Å². The maximum atomic E-state index is 12.6. The average Bonchev–Trinajstić information content (AvgIpc) is 3.39. The van der Waals surface area contributed by atoms with Crippen LogP contribution in [0.1, 0.15) is 35.6 Å². The maximum absolute atomic E-state index is 12.6. The zero-order valence-corrected chi connectivity index (χ0v) is 14.1. The molecule has 132 valence electrons. The molecule has 4 rings (SSSR count). The first kappa shape index (κ1) is 15.9. The summed E-state index contributed by atoms with van der Waals surface area (Å²) in [6.45, 7) is 0.471. The lowest BCUT2D eigenvalue weighted by Gasteiger charge is -2.29. The Kier molecular flexibility index (Phi) is 4.07. The minimum absolute atomic E-state index is 0.168. The molecule has 2 bridgehead atoms. The maximum Gasteiger partial charge on any atom is 0.311 e. The lowest BCUT2D eigenvalue weighted by Crippen LogP contribution is -2.47.